The van der Waals surface area contributed by atoms with Crippen LogP contribution in [0, 0.1) is 0 Å². The van der Waals surface area contributed by atoms with Crippen molar-refractivity contribution in [2.24, 2.45) is 0 Å². The molecule has 2 nitrogen and oxygen atoms in total. The Morgan fingerprint density at radius 3 is 2.41 bits per heavy atom. The zero-order valence-corrected chi connectivity index (χ0v) is 9.95. The molecule has 2 heteroatoms. The van der Waals surface area contributed by atoms with Crippen molar-refractivity contribution in [3.8, 4) is 0 Å². The second-order valence-corrected chi connectivity index (χ2v) is 3.68. The van der Waals surface area contributed by atoms with Gasteiger partial charge in [-0.25, -0.2) is 0 Å². The van der Waals surface area contributed by atoms with Crippen LogP contribution in [-0.4, -0.2) is 16.3 Å². The Balaban J connectivity index is 2.85. The number of allylic oxidation sites excluding steroid dienone is 3. The van der Waals surface area contributed by atoms with Crippen molar-refractivity contribution >= 4 is 0 Å². The van der Waals surface area contributed by atoms with Crippen LogP contribution in [0.3, 0.4) is 0 Å². The molecule has 2 unspecified atom stereocenters. The van der Waals surface area contributed by atoms with Crippen LogP contribution in [0.5, 0.6) is 0 Å². The summed E-state index contributed by atoms with van der Waals surface area (Å²) in [5.41, 5.74) is 1.37. The highest BCUT2D eigenvalue weighted by Gasteiger charge is 2.19. The average Bonchev–Trinajstić information content (AvgIpc) is 2.39. The smallest absolute Gasteiger partial charge is 0.109 e. The fourth-order valence-corrected chi connectivity index (χ4v) is 1.56. The first-order chi connectivity index (χ1) is 8.20. The van der Waals surface area contributed by atoms with Crippen molar-refractivity contribution < 1.29 is 10.2 Å². The van der Waals surface area contributed by atoms with Crippen molar-refractivity contribution in [2.45, 2.75) is 19.1 Å². The van der Waals surface area contributed by atoms with Gasteiger partial charge in [0.05, 0.1) is 0 Å². The number of hydrogen-bond donors (Lipinski definition) is 2. The van der Waals surface area contributed by atoms with E-state index in [0.717, 1.165) is 0 Å². The molecule has 0 aliphatic rings. The van der Waals surface area contributed by atoms with Gasteiger partial charge in [-0.05, 0) is 18.1 Å². The summed E-state index contributed by atoms with van der Waals surface area (Å²) in [5, 5.41) is 20.1. The molecule has 0 amide bonds. The van der Waals surface area contributed by atoms with E-state index in [1.54, 1.807) is 36.4 Å². The quantitative estimate of drug-likeness (QED) is 0.764. The van der Waals surface area contributed by atoms with Crippen LogP contribution in [0.2, 0.25) is 0 Å². The largest absolute Gasteiger partial charge is 0.385 e. The van der Waals surface area contributed by atoms with Crippen molar-refractivity contribution in [3.05, 3.63) is 72.4 Å². The lowest BCUT2D eigenvalue weighted by molar-refractivity contribution is 0.0432. The molecule has 0 bridgehead atoms. The zero-order valence-electron chi connectivity index (χ0n) is 9.95. The minimum absolute atomic E-state index is 0.668. The molecule has 0 radical (unpaired) electrons. The van der Waals surface area contributed by atoms with Crippen LogP contribution < -0.4 is 0 Å². The fraction of sp³-hybridized carbons (Fsp3) is 0.200. The number of rotatable bonds is 5. The molecular formula is C15H18O2. The molecule has 0 fully saturated rings. The van der Waals surface area contributed by atoms with E-state index in [0.29, 0.717) is 11.1 Å². The van der Waals surface area contributed by atoms with Gasteiger partial charge in [0.15, 0.2) is 0 Å². The molecule has 17 heavy (non-hydrogen) atoms. The summed E-state index contributed by atoms with van der Waals surface area (Å²) in [7, 11) is 0. The Morgan fingerprint density at radius 2 is 1.88 bits per heavy atom. The van der Waals surface area contributed by atoms with Gasteiger partial charge in [-0.15, -0.1) is 0 Å². The van der Waals surface area contributed by atoms with Crippen LogP contribution in [0.25, 0.3) is 0 Å². The molecule has 0 saturated heterocycles. The molecule has 0 heterocycles. The van der Waals surface area contributed by atoms with Crippen molar-refractivity contribution in [3.63, 3.8) is 0 Å². The Morgan fingerprint density at radius 1 is 1.24 bits per heavy atom. The Labute approximate surface area is 102 Å². The highest BCUT2D eigenvalue weighted by atomic mass is 16.3. The first-order valence-corrected chi connectivity index (χ1v) is 5.57. The van der Waals surface area contributed by atoms with Gasteiger partial charge in [-0.1, -0.05) is 61.2 Å². The Kier molecular flexibility index (Phi) is 5.40. The first-order valence-electron chi connectivity index (χ1n) is 5.57. The summed E-state index contributed by atoms with van der Waals surface area (Å²) in [5.74, 6) is 0. The summed E-state index contributed by atoms with van der Waals surface area (Å²) in [4.78, 5) is 0. The highest BCUT2D eigenvalue weighted by molar-refractivity contribution is 5.29. The molecular weight excluding hydrogens is 212 g/mol. The lowest BCUT2D eigenvalue weighted by Gasteiger charge is -2.19. The predicted molar refractivity (Wildman–Crippen MR) is 70.5 cm³/mol. The highest BCUT2D eigenvalue weighted by Crippen LogP contribution is 2.22. The van der Waals surface area contributed by atoms with Crippen LogP contribution in [-0.2, 0) is 0 Å². The van der Waals surface area contributed by atoms with Crippen LogP contribution in [0.15, 0.2) is 66.8 Å². The molecule has 1 aromatic carbocycles. The van der Waals surface area contributed by atoms with Gasteiger partial charge in [0, 0.05) is 0 Å². The molecule has 0 saturated carbocycles. The predicted octanol–water partition coefficient (Wildman–Crippen LogP) is 2.77. The Bertz CT molecular complexity index is 404. The fourth-order valence-electron chi connectivity index (χ4n) is 1.56. The number of benzene rings is 1. The van der Waals surface area contributed by atoms with Crippen LogP contribution in [0.4, 0.5) is 0 Å². The summed E-state index contributed by atoms with van der Waals surface area (Å²) < 4.78 is 0. The molecule has 0 aromatic heterocycles. The second kappa shape index (κ2) is 6.84. The van der Waals surface area contributed by atoms with Crippen molar-refractivity contribution in [2.75, 3.05) is 0 Å². The Hall–Kier alpha value is -1.64. The van der Waals surface area contributed by atoms with Gasteiger partial charge in [0.2, 0.25) is 0 Å². The topological polar surface area (TPSA) is 40.5 Å². The van der Waals surface area contributed by atoms with E-state index >= 15 is 0 Å². The number of aliphatic hydroxyl groups excluding tert-OH is 2. The first kappa shape index (κ1) is 13.4. The third-order valence-corrected chi connectivity index (χ3v) is 2.54. The van der Waals surface area contributed by atoms with Gasteiger partial charge in [0.1, 0.15) is 12.2 Å². The standard InChI is InChI=1S/C15H18O2/c1-3-5-9-12(4-2)14(16)15(17)13-10-7-6-8-11-13/h3-11,14-17H,1H2,2H3/b9-5-,12-4+. The molecule has 2 atom stereocenters. The number of aliphatic hydroxyl groups is 2. The third kappa shape index (κ3) is 3.70. The molecule has 0 aliphatic heterocycles. The third-order valence-electron chi connectivity index (χ3n) is 2.54. The van der Waals surface area contributed by atoms with Gasteiger partial charge < -0.3 is 10.2 Å². The lowest BCUT2D eigenvalue weighted by Crippen LogP contribution is -2.19. The van der Waals surface area contributed by atoms with Crippen molar-refractivity contribution in [1.29, 1.82) is 0 Å². The molecule has 1 rings (SSSR count). The van der Waals surface area contributed by atoms with Crippen molar-refractivity contribution in [1.82, 2.24) is 0 Å². The summed E-state index contributed by atoms with van der Waals surface area (Å²) in [6, 6.07) is 9.12. The van der Waals surface area contributed by atoms with Crippen LogP contribution >= 0.6 is 0 Å². The second-order valence-electron chi connectivity index (χ2n) is 3.68. The molecule has 1 aromatic rings. The minimum atomic E-state index is -0.932. The van der Waals surface area contributed by atoms with Crippen LogP contribution in [0.1, 0.15) is 18.6 Å². The monoisotopic (exact) mass is 230 g/mol. The van der Waals surface area contributed by atoms with E-state index in [4.69, 9.17) is 0 Å². The van der Waals surface area contributed by atoms with Gasteiger partial charge >= 0.3 is 0 Å². The van der Waals surface area contributed by atoms with Gasteiger partial charge in [-0.2, -0.15) is 0 Å². The van der Waals surface area contributed by atoms with E-state index in [1.165, 1.54) is 0 Å². The summed E-state index contributed by atoms with van der Waals surface area (Å²) in [6.07, 6.45) is 5.03. The van der Waals surface area contributed by atoms with E-state index in [-0.39, 0.29) is 0 Å². The van der Waals surface area contributed by atoms with Gasteiger partial charge in [-0.3, -0.25) is 0 Å². The maximum absolute atomic E-state index is 10.1. The SMILES string of the molecule is C=C/C=C\C(=C/C)C(O)C(O)c1ccccc1. The molecule has 2 N–H and O–H groups in total. The lowest BCUT2D eigenvalue weighted by atomic mass is 9.98. The van der Waals surface area contributed by atoms with Gasteiger partial charge in [0.25, 0.3) is 0 Å². The number of hydrogen-bond acceptors (Lipinski definition) is 2. The molecule has 0 spiro atoms. The van der Waals surface area contributed by atoms with E-state index in [9.17, 15) is 10.2 Å². The van der Waals surface area contributed by atoms with E-state index in [2.05, 4.69) is 6.58 Å². The average molecular weight is 230 g/mol. The molecule has 0 aliphatic carbocycles. The van der Waals surface area contributed by atoms with E-state index < -0.39 is 12.2 Å². The maximum atomic E-state index is 10.1. The molecule has 90 valence electrons. The maximum Gasteiger partial charge on any atom is 0.109 e. The normalized spacial score (nSPS) is 15.8. The van der Waals surface area contributed by atoms with E-state index in [1.807, 2.05) is 25.1 Å². The summed E-state index contributed by atoms with van der Waals surface area (Å²) in [6.45, 7) is 5.39. The summed E-state index contributed by atoms with van der Waals surface area (Å²) >= 11 is 0. The zero-order chi connectivity index (χ0) is 12.7. The minimum Gasteiger partial charge on any atom is -0.385 e.